The van der Waals surface area contributed by atoms with Gasteiger partial charge in [0.25, 0.3) is 0 Å². The largest absolute Gasteiger partial charge is 0.340 e. The normalized spacial score (nSPS) is 30.0. The number of anilines is 1. The standard InChI is InChI=1S/C14H21N5O2/c1-9-4-11(15)2-3-18(9)14(21)10-5-13(20)19(8-10)12-6-16-17-7-12/h6-7,9-11H,2-5,8,15H2,1H3,(H,16,17)/t9-,10+,11+/m1/s1. The Morgan fingerprint density at radius 1 is 1.52 bits per heavy atom. The van der Waals surface area contributed by atoms with Crippen molar-refractivity contribution in [2.24, 2.45) is 11.7 Å². The predicted molar refractivity (Wildman–Crippen MR) is 77.4 cm³/mol. The smallest absolute Gasteiger partial charge is 0.228 e. The van der Waals surface area contributed by atoms with E-state index in [1.165, 1.54) is 0 Å². The quantitative estimate of drug-likeness (QED) is 0.808. The Balaban J connectivity index is 1.68. The molecule has 3 rings (SSSR count). The van der Waals surface area contributed by atoms with Gasteiger partial charge < -0.3 is 15.5 Å². The van der Waals surface area contributed by atoms with Crippen LogP contribution in [-0.4, -0.2) is 52.1 Å². The van der Waals surface area contributed by atoms with Crippen molar-refractivity contribution in [1.29, 1.82) is 0 Å². The molecule has 0 spiro atoms. The van der Waals surface area contributed by atoms with Crippen LogP contribution in [0.3, 0.4) is 0 Å². The molecule has 3 N–H and O–H groups in total. The first-order valence-electron chi connectivity index (χ1n) is 7.41. The van der Waals surface area contributed by atoms with Crippen LogP contribution in [0.15, 0.2) is 12.4 Å². The SMILES string of the molecule is C[C@@H]1C[C@@H](N)CCN1C(=O)[C@H]1CC(=O)N(c2cn[nH]c2)C1. The van der Waals surface area contributed by atoms with Gasteiger partial charge in [0.05, 0.1) is 17.8 Å². The third-order valence-corrected chi connectivity index (χ3v) is 4.47. The summed E-state index contributed by atoms with van der Waals surface area (Å²) in [5, 5.41) is 6.55. The van der Waals surface area contributed by atoms with E-state index in [-0.39, 0.29) is 36.2 Å². The van der Waals surface area contributed by atoms with Gasteiger partial charge in [-0.3, -0.25) is 14.7 Å². The lowest BCUT2D eigenvalue weighted by Crippen LogP contribution is -2.50. The molecule has 0 aromatic carbocycles. The molecule has 7 heteroatoms. The molecule has 3 heterocycles. The van der Waals surface area contributed by atoms with Gasteiger partial charge in [-0.25, -0.2) is 0 Å². The van der Waals surface area contributed by atoms with Gasteiger partial charge in [0, 0.05) is 37.8 Å². The number of nitrogens with one attached hydrogen (secondary N) is 1. The van der Waals surface area contributed by atoms with Crippen molar-refractivity contribution in [3.05, 3.63) is 12.4 Å². The number of carbonyl (C=O) groups is 2. The molecule has 0 radical (unpaired) electrons. The lowest BCUT2D eigenvalue weighted by molar-refractivity contribution is -0.139. The first kappa shape index (κ1) is 14.1. The number of rotatable bonds is 2. The van der Waals surface area contributed by atoms with Crippen LogP contribution in [0, 0.1) is 5.92 Å². The molecule has 1 aromatic rings. The van der Waals surface area contributed by atoms with Crippen LogP contribution in [-0.2, 0) is 9.59 Å². The third-order valence-electron chi connectivity index (χ3n) is 4.47. The van der Waals surface area contributed by atoms with Crippen LogP contribution in [0.5, 0.6) is 0 Å². The van der Waals surface area contributed by atoms with Crippen molar-refractivity contribution in [3.63, 3.8) is 0 Å². The van der Waals surface area contributed by atoms with E-state index in [2.05, 4.69) is 10.2 Å². The molecule has 1 aromatic heterocycles. The van der Waals surface area contributed by atoms with Gasteiger partial charge in [0.1, 0.15) is 0 Å². The van der Waals surface area contributed by atoms with Crippen LogP contribution in [0.25, 0.3) is 0 Å². The molecular formula is C14H21N5O2. The second-order valence-electron chi connectivity index (χ2n) is 6.03. The minimum atomic E-state index is -0.260. The highest BCUT2D eigenvalue weighted by molar-refractivity contribution is 6.00. The van der Waals surface area contributed by atoms with Gasteiger partial charge in [-0.2, -0.15) is 5.10 Å². The molecule has 2 aliphatic heterocycles. The third kappa shape index (κ3) is 2.65. The molecule has 2 fully saturated rings. The summed E-state index contributed by atoms with van der Waals surface area (Å²) in [7, 11) is 0. The molecular weight excluding hydrogens is 270 g/mol. The fraction of sp³-hybridized carbons (Fsp3) is 0.643. The lowest BCUT2D eigenvalue weighted by atomic mass is 9.96. The van der Waals surface area contributed by atoms with Crippen molar-refractivity contribution < 1.29 is 9.59 Å². The van der Waals surface area contributed by atoms with Crippen molar-refractivity contribution in [2.75, 3.05) is 18.0 Å². The number of aromatic nitrogens is 2. The molecule has 2 saturated heterocycles. The highest BCUT2D eigenvalue weighted by Gasteiger charge is 2.39. The molecule has 0 bridgehead atoms. The van der Waals surface area contributed by atoms with Gasteiger partial charge in [-0.05, 0) is 19.8 Å². The average Bonchev–Trinajstić information content (AvgIpc) is 3.07. The maximum absolute atomic E-state index is 12.7. The number of aromatic amines is 1. The minimum Gasteiger partial charge on any atom is -0.340 e. The molecule has 3 atom stereocenters. The van der Waals surface area contributed by atoms with E-state index in [1.807, 2.05) is 11.8 Å². The second-order valence-corrected chi connectivity index (χ2v) is 6.03. The van der Waals surface area contributed by atoms with E-state index in [4.69, 9.17) is 5.73 Å². The first-order chi connectivity index (χ1) is 10.1. The Morgan fingerprint density at radius 2 is 2.33 bits per heavy atom. The summed E-state index contributed by atoms with van der Waals surface area (Å²) in [6.45, 7) is 3.16. The highest BCUT2D eigenvalue weighted by atomic mass is 16.2. The summed E-state index contributed by atoms with van der Waals surface area (Å²) in [5.41, 5.74) is 6.66. The minimum absolute atomic E-state index is 0.0175. The molecule has 2 aliphatic rings. The van der Waals surface area contributed by atoms with Crippen LogP contribution >= 0.6 is 0 Å². The summed E-state index contributed by atoms with van der Waals surface area (Å²) in [5.74, 6) is -0.200. The van der Waals surface area contributed by atoms with Gasteiger partial charge >= 0.3 is 0 Å². The van der Waals surface area contributed by atoms with Crippen molar-refractivity contribution >= 4 is 17.5 Å². The Bertz CT molecular complexity index is 529. The number of hydrogen-bond acceptors (Lipinski definition) is 4. The number of carbonyl (C=O) groups excluding carboxylic acids is 2. The van der Waals surface area contributed by atoms with Crippen LogP contribution in [0.2, 0.25) is 0 Å². The van der Waals surface area contributed by atoms with E-state index in [0.717, 1.165) is 18.5 Å². The Hall–Kier alpha value is -1.89. The summed E-state index contributed by atoms with van der Waals surface area (Å²) in [6, 6.07) is 0.330. The zero-order chi connectivity index (χ0) is 15.0. The fourth-order valence-corrected chi connectivity index (χ4v) is 3.28. The molecule has 0 unspecified atom stereocenters. The molecule has 21 heavy (non-hydrogen) atoms. The maximum atomic E-state index is 12.7. The zero-order valence-electron chi connectivity index (χ0n) is 12.2. The van der Waals surface area contributed by atoms with Crippen LogP contribution in [0.1, 0.15) is 26.2 Å². The van der Waals surface area contributed by atoms with Gasteiger partial charge in [0.2, 0.25) is 11.8 Å². The molecule has 114 valence electrons. The number of piperidine rings is 1. The van der Waals surface area contributed by atoms with Gasteiger partial charge in [-0.15, -0.1) is 0 Å². The molecule has 0 aliphatic carbocycles. The number of likely N-dealkylation sites (tertiary alicyclic amines) is 1. The van der Waals surface area contributed by atoms with E-state index >= 15 is 0 Å². The molecule has 2 amide bonds. The van der Waals surface area contributed by atoms with E-state index < -0.39 is 0 Å². The summed E-state index contributed by atoms with van der Waals surface area (Å²) >= 11 is 0. The number of nitrogens with zero attached hydrogens (tertiary/aromatic N) is 3. The summed E-state index contributed by atoms with van der Waals surface area (Å²) in [4.78, 5) is 28.3. The molecule has 7 nitrogen and oxygen atoms in total. The molecule has 0 saturated carbocycles. The van der Waals surface area contributed by atoms with Crippen LogP contribution < -0.4 is 10.6 Å². The highest BCUT2D eigenvalue weighted by Crippen LogP contribution is 2.27. The Labute approximate surface area is 123 Å². The fourth-order valence-electron chi connectivity index (χ4n) is 3.28. The predicted octanol–water partition coefficient (Wildman–Crippen LogP) is 0.101. The monoisotopic (exact) mass is 291 g/mol. The van der Waals surface area contributed by atoms with Crippen molar-refractivity contribution in [3.8, 4) is 0 Å². The Morgan fingerprint density at radius 3 is 3.00 bits per heavy atom. The van der Waals surface area contributed by atoms with Gasteiger partial charge in [0.15, 0.2) is 0 Å². The summed E-state index contributed by atoms with van der Waals surface area (Å²) in [6.07, 6.45) is 5.22. The number of amides is 2. The first-order valence-corrected chi connectivity index (χ1v) is 7.41. The van der Waals surface area contributed by atoms with Crippen molar-refractivity contribution in [1.82, 2.24) is 15.1 Å². The van der Waals surface area contributed by atoms with Gasteiger partial charge in [-0.1, -0.05) is 0 Å². The second kappa shape index (κ2) is 5.48. The van der Waals surface area contributed by atoms with Crippen molar-refractivity contribution in [2.45, 2.75) is 38.3 Å². The topological polar surface area (TPSA) is 95.3 Å². The lowest BCUT2D eigenvalue weighted by Gasteiger charge is -2.37. The van der Waals surface area contributed by atoms with E-state index in [1.54, 1.807) is 17.3 Å². The maximum Gasteiger partial charge on any atom is 0.228 e. The van der Waals surface area contributed by atoms with Crippen LogP contribution in [0.4, 0.5) is 5.69 Å². The zero-order valence-corrected chi connectivity index (χ0v) is 12.2. The number of hydrogen-bond donors (Lipinski definition) is 2. The Kier molecular flexibility index (Phi) is 3.67. The average molecular weight is 291 g/mol. The van der Waals surface area contributed by atoms with E-state index in [0.29, 0.717) is 13.1 Å². The number of H-pyrrole nitrogens is 1. The number of nitrogens with two attached hydrogens (primary N) is 1. The van der Waals surface area contributed by atoms with E-state index in [9.17, 15) is 9.59 Å². The summed E-state index contributed by atoms with van der Waals surface area (Å²) < 4.78 is 0.